The molecule has 20 heavy (non-hydrogen) atoms. The van der Waals surface area contributed by atoms with Gasteiger partial charge in [0.2, 0.25) is 0 Å². The van der Waals surface area contributed by atoms with Gasteiger partial charge in [0.1, 0.15) is 0 Å². The Kier molecular flexibility index (Phi) is 3.69. The number of aromatic amines is 1. The van der Waals surface area contributed by atoms with Crippen molar-refractivity contribution in [2.24, 2.45) is 0 Å². The third-order valence-corrected chi connectivity index (χ3v) is 3.04. The summed E-state index contributed by atoms with van der Waals surface area (Å²) in [4.78, 5) is 26.3. The van der Waals surface area contributed by atoms with Crippen molar-refractivity contribution in [3.63, 3.8) is 0 Å². The number of nitrogens with zero attached hydrogens (tertiary/aromatic N) is 1. The Morgan fingerprint density at radius 3 is 2.55 bits per heavy atom. The molecule has 0 fully saturated rings. The quantitative estimate of drug-likeness (QED) is 0.942. The average Bonchev–Trinajstić information content (AvgIpc) is 2.37. The predicted octanol–water partition coefficient (Wildman–Crippen LogP) is 2.51. The van der Waals surface area contributed by atoms with Crippen LogP contribution in [0.15, 0.2) is 27.8 Å². The van der Waals surface area contributed by atoms with Crippen molar-refractivity contribution < 1.29 is 13.2 Å². The Morgan fingerprint density at radius 2 is 1.95 bits per heavy atom. The van der Waals surface area contributed by atoms with Crippen LogP contribution < -0.4 is 11.2 Å². The average molecular weight is 286 g/mol. The van der Waals surface area contributed by atoms with Gasteiger partial charge in [-0.25, -0.2) is 4.79 Å². The first-order valence-corrected chi connectivity index (χ1v) is 6.18. The first-order chi connectivity index (χ1) is 9.34. The first-order valence-electron chi connectivity index (χ1n) is 6.18. The SMILES string of the molecule is CCCCn1c(=O)[nH]c2ccc(C(F)(F)F)cc2c1=O. The molecule has 0 atom stereocenters. The Labute approximate surface area is 111 Å². The maximum absolute atomic E-state index is 12.6. The predicted molar refractivity (Wildman–Crippen MR) is 68.7 cm³/mol. The lowest BCUT2D eigenvalue weighted by atomic mass is 10.1. The minimum absolute atomic E-state index is 0.112. The summed E-state index contributed by atoms with van der Waals surface area (Å²) in [7, 11) is 0. The van der Waals surface area contributed by atoms with Crippen molar-refractivity contribution in [2.75, 3.05) is 0 Å². The van der Waals surface area contributed by atoms with Crippen LogP contribution in [0.3, 0.4) is 0 Å². The van der Waals surface area contributed by atoms with Gasteiger partial charge in [0.15, 0.2) is 0 Å². The van der Waals surface area contributed by atoms with Crippen molar-refractivity contribution in [1.82, 2.24) is 9.55 Å². The summed E-state index contributed by atoms with van der Waals surface area (Å²) in [5.41, 5.74) is -2.09. The van der Waals surface area contributed by atoms with Crippen LogP contribution in [0, 0.1) is 0 Å². The van der Waals surface area contributed by atoms with Gasteiger partial charge in [0, 0.05) is 6.54 Å². The molecule has 1 aromatic carbocycles. The maximum atomic E-state index is 12.6. The fourth-order valence-electron chi connectivity index (χ4n) is 1.95. The van der Waals surface area contributed by atoms with Crippen LogP contribution >= 0.6 is 0 Å². The zero-order valence-electron chi connectivity index (χ0n) is 10.8. The molecule has 1 heterocycles. The second-order valence-electron chi connectivity index (χ2n) is 4.50. The van der Waals surface area contributed by atoms with Gasteiger partial charge in [-0.15, -0.1) is 0 Å². The highest BCUT2D eigenvalue weighted by Gasteiger charge is 2.30. The Balaban J connectivity index is 2.68. The zero-order valence-corrected chi connectivity index (χ0v) is 10.8. The summed E-state index contributed by atoms with van der Waals surface area (Å²) in [6.07, 6.45) is -3.15. The second-order valence-corrected chi connectivity index (χ2v) is 4.50. The molecule has 0 unspecified atom stereocenters. The molecule has 0 radical (unpaired) electrons. The van der Waals surface area contributed by atoms with Crippen LogP contribution in [-0.2, 0) is 12.7 Å². The van der Waals surface area contributed by atoms with E-state index in [0.29, 0.717) is 6.42 Å². The Hall–Kier alpha value is -2.05. The largest absolute Gasteiger partial charge is 0.416 e. The Bertz CT molecular complexity index is 744. The summed E-state index contributed by atoms with van der Waals surface area (Å²) in [5, 5.41) is -0.129. The van der Waals surface area contributed by atoms with E-state index in [9.17, 15) is 22.8 Å². The molecule has 0 spiro atoms. The molecule has 0 bridgehead atoms. The van der Waals surface area contributed by atoms with Crippen LogP contribution in [-0.4, -0.2) is 9.55 Å². The normalized spacial score (nSPS) is 12.0. The van der Waals surface area contributed by atoms with E-state index in [1.54, 1.807) is 0 Å². The van der Waals surface area contributed by atoms with Crippen LogP contribution in [0.5, 0.6) is 0 Å². The summed E-state index contributed by atoms with van der Waals surface area (Å²) in [6, 6.07) is 2.72. The van der Waals surface area contributed by atoms with Crippen LogP contribution in [0.1, 0.15) is 25.3 Å². The molecular weight excluding hydrogens is 273 g/mol. The fourth-order valence-corrected chi connectivity index (χ4v) is 1.95. The van der Waals surface area contributed by atoms with E-state index in [1.807, 2.05) is 6.92 Å². The number of hydrogen-bond acceptors (Lipinski definition) is 2. The summed E-state index contributed by atoms with van der Waals surface area (Å²) in [5.74, 6) is 0. The molecule has 0 aliphatic carbocycles. The van der Waals surface area contributed by atoms with Crippen molar-refractivity contribution in [3.8, 4) is 0 Å². The highest BCUT2D eigenvalue weighted by molar-refractivity contribution is 5.78. The summed E-state index contributed by atoms with van der Waals surface area (Å²) in [6.45, 7) is 2.08. The van der Waals surface area contributed by atoms with Gasteiger partial charge >= 0.3 is 11.9 Å². The number of unbranched alkanes of at least 4 members (excludes halogenated alkanes) is 1. The fraction of sp³-hybridized carbons (Fsp3) is 0.385. The number of halogens is 3. The minimum Gasteiger partial charge on any atom is -0.307 e. The van der Waals surface area contributed by atoms with Crippen molar-refractivity contribution in [2.45, 2.75) is 32.5 Å². The molecule has 4 nitrogen and oxygen atoms in total. The van der Waals surface area contributed by atoms with Gasteiger partial charge < -0.3 is 4.98 Å². The van der Waals surface area contributed by atoms with Gasteiger partial charge in [-0.2, -0.15) is 13.2 Å². The van der Waals surface area contributed by atoms with Crippen LogP contribution in [0.4, 0.5) is 13.2 Å². The lowest BCUT2D eigenvalue weighted by Crippen LogP contribution is -2.35. The molecule has 0 saturated carbocycles. The number of hydrogen-bond donors (Lipinski definition) is 1. The minimum atomic E-state index is -4.52. The van der Waals surface area contributed by atoms with Gasteiger partial charge in [-0.3, -0.25) is 9.36 Å². The number of rotatable bonds is 3. The molecule has 2 aromatic rings. The van der Waals surface area contributed by atoms with E-state index in [0.717, 1.165) is 29.2 Å². The third-order valence-electron chi connectivity index (χ3n) is 3.04. The monoisotopic (exact) mass is 286 g/mol. The molecule has 2 rings (SSSR count). The van der Waals surface area contributed by atoms with E-state index in [4.69, 9.17) is 0 Å². The molecule has 0 aliphatic heterocycles. The molecule has 0 aliphatic rings. The van der Waals surface area contributed by atoms with Crippen molar-refractivity contribution in [3.05, 3.63) is 44.6 Å². The molecule has 1 N–H and O–H groups in total. The standard InChI is InChI=1S/C13H13F3N2O2/c1-2-3-6-18-11(19)9-7-8(13(14,15)16)4-5-10(9)17-12(18)20/h4-5,7H,2-3,6H2,1H3,(H,17,20). The number of aromatic nitrogens is 2. The molecule has 0 saturated heterocycles. The van der Waals surface area contributed by atoms with E-state index in [-0.39, 0.29) is 17.4 Å². The lowest BCUT2D eigenvalue weighted by Gasteiger charge is -2.09. The topological polar surface area (TPSA) is 54.9 Å². The number of fused-ring (bicyclic) bond motifs is 1. The molecule has 0 amide bonds. The maximum Gasteiger partial charge on any atom is 0.416 e. The van der Waals surface area contributed by atoms with Crippen LogP contribution in [0.25, 0.3) is 10.9 Å². The van der Waals surface area contributed by atoms with Gasteiger partial charge in [-0.05, 0) is 24.6 Å². The number of benzene rings is 1. The van der Waals surface area contributed by atoms with Gasteiger partial charge in [0.25, 0.3) is 5.56 Å². The molecular formula is C13H13F3N2O2. The molecule has 7 heteroatoms. The summed E-state index contributed by atoms with van der Waals surface area (Å²) < 4.78 is 38.9. The molecule has 108 valence electrons. The highest BCUT2D eigenvalue weighted by atomic mass is 19.4. The first kappa shape index (κ1) is 14.4. The highest BCUT2D eigenvalue weighted by Crippen LogP contribution is 2.30. The number of alkyl halides is 3. The van der Waals surface area contributed by atoms with Gasteiger partial charge in [0.05, 0.1) is 16.5 Å². The number of nitrogens with one attached hydrogen (secondary N) is 1. The van der Waals surface area contributed by atoms with Crippen LogP contribution in [0.2, 0.25) is 0 Å². The summed E-state index contributed by atoms with van der Waals surface area (Å²) >= 11 is 0. The van der Waals surface area contributed by atoms with E-state index < -0.39 is 23.0 Å². The number of H-pyrrole nitrogens is 1. The van der Waals surface area contributed by atoms with Crippen molar-refractivity contribution in [1.29, 1.82) is 0 Å². The van der Waals surface area contributed by atoms with E-state index >= 15 is 0 Å². The second kappa shape index (κ2) is 5.15. The van der Waals surface area contributed by atoms with Gasteiger partial charge in [-0.1, -0.05) is 13.3 Å². The van der Waals surface area contributed by atoms with Crippen molar-refractivity contribution >= 4 is 10.9 Å². The van der Waals surface area contributed by atoms with E-state index in [2.05, 4.69) is 4.98 Å². The third kappa shape index (κ3) is 2.61. The Morgan fingerprint density at radius 1 is 1.25 bits per heavy atom. The lowest BCUT2D eigenvalue weighted by molar-refractivity contribution is -0.137. The van der Waals surface area contributed by atoms with E-state index in [1.165, 1.54) is 0 Å². The smallest absolute Gasteiger partial charge is 0.307 e. The zero-order chi connectivity index (χ0) is 14.9. The molecule has 1 aromatic heterocycles.